The molecule has 7 heteroatoms. The average molecular weight is 332 g/mol. The van der Waals surface area contributed by atoms with Gasteiger partial charge >= 0.3 is 6.18 Å². The molecule has 1 aromatic rings. The Bertz CT molecular complexity index is 528. The lowest BCUT2D eigenvalue weighted by atomic mass is 9.97. The number of carbonyl (C=O) groups excluding carboxylic acids is 1. The fourth-order valence-corrected chi connectivity index (χ4v) is 3.09. The molecule has 22 heavy (non-hydrogen) atoms. The van der Waals surface area contributed by atoms with Crippen LogP contribution >= 0.6 is 11.8 Å². The van der Waals surface area contributed by atoms with Gasteiger partial charge in [0.1, 0.15) is 0 Å². The molecule has 0 unspecified atom stereocenters. The molecule has 1 heterocycles. The van der Waals surface area contributed by atoms with E-state index in [1.807, 2.05) is 6.92 Å². The Labute approximate surface area is 132 Å². The molecule has 1 aliphatic rings. The molecular formula is C15H19F3N2OS. The molecule has 1 aromatic carbocycles. The van der Waals surface area contributed by atoms with Crippen molar-refractivity contribution in [3.8, 4) is 0 Å². The van der Waals surface area contributed by atoms with Crippen LogP contribution in [0.4, 0.5) is 18.9 Å². The van der Waals surface area contributed by atoms with Crippen LogP contribution in [-0.2, 0) is 4.79 Å². The standard InChI is InChI=1S/C15H19F3N2OS/c1-10-2-3-13(22-9-15(16,17)18)12(8-10)20-14(21)11-4-6-19-7-5-11/h2-3,8,11,19H,4-7,9H2,1H3,(H,20,21). The number of carbonyl (C=O) groups is 1. The third-order valence-corrected chi connectivity index (χ3v) is 4.63. The van der Waals surface area contributed by atoms with Crippen LogP contribution in [0.15, 0.2) is 23.1 Å². The van der Waals surface area contributed by atoms with Crippen molar-refractivity contribution >= 4 is 23.4 Å². The lowest BCUT2D eigenvalue weighted by Gasteiger charge is -2.22. The number of rotatable bonds is 4. The van der Waals surface area contributed by atoms with E-state index in [9.17, 15) is 18.0 Å². The van der Waals surface area contributed by atoms with Crippen LogP contribution in [0, 0.1) is 12.8 Å². The number of nitrogens with one attached hydrogen (secondary N) is 2. The summed E-state index contributed by atoms with van der Waals surface area (Å²) in [6.07, 6.45) is -2.72. The van der Waals surface area contributed by atoms with Crippen LogP contribution in [0.1, 0.15) is 18.4 Å². The Balaban J connectivity index is 2.07. The Hall–Kier alpha value is -1.21. The molecule has 1 aliphatic heterocycles. The minimum atomic E-state index is -4.23. The van der Waals surface area contributed by atoms with Crippen molar-refractivity contribution in [3.05, 3.63) is 23.8 Å². The van der Waals surface area contributed by atoms with Gasteiger partial charge in [-0.3, -0.25) is 4.79 Å². The monoisotopic (exact) mass is 332 g/mol. The van der Waals surface area contributed by atoms with Crippen molar-refractivity contribution in [2.24, 2.45) is 5.92 Å². The minimum Gasteiger partial charge on any atom is -0.325 e. The normalized spacial score (nSPS) is 16.5. The summed E-state index contributed by atoms with van der Waals surface area (Å²) in [5.41, 5.74) is 1.37. The predicted molar refractivity (Wildman–Crippen MR) is 82.2 cm³/mol. The molecule has 0 radical (unpaired) electrons. The molecule has 0 spiro atoms. The van der Waals surface area contributed by atoms with Crippen LogP contribution in [0.2, 0.25) is 0 Å². The summed E-state index contributed by atoms with van der Waals surface area (Å²) in [4.78, 5) is 12.7. The Morgan fingerprint density at radius 2 is 2.05 bits per heavy atom. The van der Waals surface area contributed by atoms with Crippen molar-refractivity contribution in [2.45, 2.75) is 30.8 Å². The first-order valence-electron chi connectivity index (χ1n) is 7.17. The number of benzene rings is 1. The van der Waals surface area contributed by atoms with Crippen molar-refractivity contribution in [1.29, 1.82) is 0 Å². The van der Waals surface area contributed by atoms with Crippen LogP contribution < -0.4 is 10.6 Å². The van der Waals surface area contributed by atoms with Gasteiger partial charge in [-0.2, -0.15) is 13.2 Å². The fraction of sp³-hybridized carbons (Fsp3) is 0.533. The number of anilines is 1. The topological polar surface area (TPSA) is 41.1 Å². The Kier molecular flexibility index (Phi) is 5.74. The summed E-state index contributed by atoms with van der Waals surface area (Å²) in [5.74, 6) is -1.16. The van der Waals surface area contributed by atoms with Gasteiger partial charge in [0.25, 0.3) is 0 Å². The molecule has 0 saturated carbocycles. The van der Waals surface area contributed by atoms with E-state index >= 15 is 0 Å². The highest BCUT2D eigenvalue weighted by atomic mass is 32.2. The minimum absolute atomic E-state index is 0.0813. The number of aryl methyl sites for hydroxylation is 1. The second-order valence-electron chi connectivity index (χ2n) is 5.42. The summed E-state index contributed by atoms with van der Waals surface area (Å²) in [6.45, 7) is 3.43. The maximum atomic E-state index is 12.4. The van der Waals surface area contributed by atoms with Gasteiger partial charge in [0.2, 0.25) is 5.91 Å². The van der Waals surface area contributed by atoms with Gasteiger partial charge in [0, 0.05) is 10.8 Å². The van der Waals surface area contributed by atoms with Gasteiger partial charge in [-0.25, -0.2) is 0 Å². The van der Waals surface area contributed by atoms with Gasteiger partial charge in [0.15, 0.2) is 0 Å². The first-order valence-corrected chi connectivity index (χ1v) is 8.15. The van der Waals surface area contributed by atoms with Crippen molar-refractivity contribution in [1.82, 2.24) is 5.32 Å². The average Bonchev–Trinajstić information content (AvgIpc) is 2.46. The number of halogens is 3. The summed E-state index contributed by atoms with van der Waals surface area (Å²) in [6, 6.07) is 5.10. The van der Waals surface area contributed by atoms with Gasteiger partial charge in [-0.1, -0.05) is 6.07 Å². The summed E-state index contributed by atoms with van der Waals surface area (Å²) >= 11 is 0.699. The molecule has 1 amide bonds. The van der Waals surface area contributed by atoms with Gasteiger partial charge in [0.05, 0.1) is 11.4 Å². The van der Waals surface area contributed by atoms with Gasteiger partial charge in [-0.15, -0.1) is 11.8 Å². The molecule has 0 bridgehead atoms. The van der Waals surface area contributed by atoms with E-state index in [4.69, 9.17) is 0 Å². The first kappa shape index (κ1) is 17.1. The van der Waals surface area contributed by atoms with E-state index in [1.165, 1.54) is 0 Å². The molecule has 122 valence electrons. The van der Waals surface area contributed by atoms with E-state index < -0.39 is 11.9 Å². The number of hydrogen-bond acceptors (Lipinski definition) is 3. The maximum Gasteiger partial charge on any atom is 0.398 e. The third kappa shape index (κ3) is 5.21. The van der Waals surface area contributed by atoms with Gasteiger partial charge < -0.3 is 10.6 Å². The quantitative estimate of drug-likeness (QED) is 0.828. The van der Waals surface area contributed by atoms with Crippen molar-refractivity contribution in [2.75, 3.05) is 24.2 Å². The number of piperidine rings is 1. The molecule has 0 aliphatic carbocycles. The number of amides is 1. The number of thioether (sulfide) groups is 1. The second kappa shape index (κ2) is 7.37. The van der Waals surface area contributed by atoms with E-state index in [2.05, 4.69) is 10.6 Å². The maximum absolute atomic E-state index is 12.4. The zero-order chi connectivity index (χ0) is 16.2. The number of alkyl halides is 3. The fourth-order valence-electron chi connectivity index (χ4n) is 2.35. The molecule has 2 N–H and O–H groups in total. The molecular weight excluding hydrogens is 313 g/mol. The zero-order valence-electron chi connectivity index (χ0n) is 12.3. The predicted octanol–water partition coefficient (Wildman–Crippen LogP) is 3.59. The second-order valence-corrected chi connectivity index (χ2v) is 6.43. The molecule has 2 rings (SSSR count). The Morgan fingerprint density at radius 3 is 2.68 bits per heavy atom. The Morgan fingerprint density at radius 1 is 1.36 bits per heavy atom. The first-order chi connectivity index (χ1) is 10.3. The lowest BCUT2D eigenvalue weighted by molar-refractivity contribution is -0.120. The molecule has 1 saturated heterocycles. The largest absolute Gasteiger partial charge is 0.398 e. The van der Waals surface area contributed by atoms with Crippen LogP contribution in [0.5, 0.6) is 0 Å². The summed E-state index contributed by atoms with van der Waals surface area (Å²) in [7, 11) is 0. The molecule has 0 aromatic heterocycles. The summed E-state index contributed by atoms with van der Waals surface area (Å²) < 4.78 is 37.2. The molecule has 0 atom stereocenters. The van der Waals surface area contributed by atoms with Gasteiger partial charge in [-0.05, 0) is 50.6 Å². The van der Waals surface area contributed by atoms with Crippen LogP contribution in [-0.4, -0.2) is 30.9 Å². The highest BCUT2D eigenvalue weighted by molar-refractivity contribution is 7.99. The van der Waals surface area contributed by atoms with Crippen molar-refractivity contribution in [3.63, 3.8) is 0 Å². The zero-order valence-corrected chi connectivity index (χ0v) is 13.1. The van der Waals surface area contributed by atoms with Crippen LogP contribution in [0.25, 0.3) is 0 Å². The lowest BCUT2D eigenvalue weighted by Crippen LogP contribution is -2.34. The van der Waals surface area contributed by atoms with E-state index in [1.54, 1.807) is 18.2 Å². The van der Waals surface area contributed by atoms with E-state index in [0.717, 1.165) is 31.5 Å². The summed E-state index contributed by atoms with van der Waals surface area (Å²) in [5, 5.41) is 5.98. The van der Waals surface area contributed by atoms with E-state index in [0.29, 0.717) is 22.3 Å². The van der Waals surface area contributed by atoms with Crippen LogP contribution in [0.3, 0.4) is 0 Å². The van der Waals surface area contributed by atoms with E-state index in [-0.39, 0.29) is 11.8 Å². The molecule has 3 nitrogen and oxygen atoms in total. The number of hydrogen-bond donors (Lipinski definition) is 2. The molecule has 1 fully saturated rings. The van der Waals surface area contributed by atoms with Crippen molar-refractivity contribution < 1.29 is 18.0 Å². The highest BCUT2D eigenvalue weighted by Gasteiger charge is 2.28. The SMILES string of the molecule is Cc1ccc(SCC(F)(F)F)c(NC(=O)C2CCNCC2)c1. The third-order valence-electron chi connectivity index (χ3n) is 3.49. The smallest absolute Gasteiger partial charge is 0.325 e. The highest BCUT2D eigenvalue weighted by Crippen LogP contribution is 2.33.